The molecular weight excluding hydrogens is 255 g/mol. The lowest BCUT2D eigenvalue weighted by Gasteiger charge is -2.08. The highest BCUT2D eigenvalue weighted by Gasteiger charge is 2.10. The lowest BCUT2D eigenvalue weighted by Crippen LogP contribution is -2.15. The average molecular weight is 269 g/mol. The van der Waals surface area contributed by atoms with Gasteiger partial charge in [-0.25, -0.2) is 14.1 Å². The molecule has 4 nitrogen and oxygen atoms in total. The smallest absolute Gasteiger partial charge is 0.158 e. The Bertz CT molecular complexity index is 534. The van der Waals surface area contributed by atoms with E-state index in [0.29, 0.717) is 17.4 Å². The average Bonchev–Trinajstić information content (AvgIpc) is 2.67. The molecule has 0 spiro atoms. The summed E-state index contributed by atoms with van der Waals surface area (Å²) < 4.78 is 14.8. The molecule has 0 saturated heterocycles. The lowest BCUT2D eigenvalue weighted by atomic mass is 10.2. The van der Waals surface area contributed by atoms with Gasteiger partial charge in [0.25, 0.3) is 0 Å². The second kappa shape index (κ2) is 5.46. The Hall–Kier alpha value is -1.46. The zero-order chi connectivity index (χ0) is 13.1. The Labute approximate surface area is 110 Å². The molecule has 0 radical (unpaired) electrons. The van der Waals surface area contributed by atoms with Crippen LogP contribution < -0.4 is 5.32 Å². The number of nitrogens with zero attached hydrogens (tertiary/aromatic N) is 3. The fraction of sp³-hybridized carbons (Fsp3) is 0.333. The van der Waals surface area contributed by atoms with E-state index < -0.39 is 0 Å². The van der Waals surface area contributed by atoms with Crippen molar-refractivity contribution in [2.75, 3.05) is 6.54 Å². The van der Waals surface area contributed by atoms with Crippen LogP contribution >= 0.6 is 11.6 Å². The van der Waals surface area contributed by atoms with E-state index in [1.54, 1.807) is 10.9 Å². The van der Waals surface area contributed by atoms with Crippen molar-refractivity contribution in [1.82, 2.24) is 20.1 Å². The molecule has 0 amide bonds. The van der Waals surface area contributed by atoms with Crippen LogP contribution in [0.3, 0.4) is 0 Å². The normalized spacial score (nSPS) is 10.9. The quantitative estimate of drug-likeness (QED) is 0.926. The van der Waals surface area contributed by atoms with Crippen LogP contribution in [-0.2, 0) is 6.54 Å². The number of hydrogen-bond donors (Lipinski definition) is 1. The van der Waals surface area contributed by atoms with Crippen LogP contribution in [0.1, 0.15) is 18.2 Å². The third kappa shape index (κ3) is 2.68. The standard InChI is InChI=1S/C12H14ClFN4/c1-3-15-5-9-4-10(14)6-16-12(9)18-7-11(13)8(2)17-18/h4,6-7,15H,3,5H2,1-2H3. The predicted octanol–water partition coefficient (Wildman–Crippen LogP) is 2.48. The van der Waals surface area contributed by atoms with Gasteiger partial charge in [-0.2, -0.15) is 5.10 Å². The Kier molecular flexibility index (Phi) is 3.93. The number of nitrogens with one attached hydrogen (secondary N) is 1. The number of pyridine rings is 1. The summed E-state index contributed by atoms with van der Waals surface area (Å²) in [6, 6.07) is 1.45. The largest absolute Gasteiger partial charge is 0.313 e. The topological polar surface area (TPSA) is 42.7 Å². The molecule has 0 atom stereocenters. The van der Waals surface area contributed by atoms with E-state index in [0.717, 1.165) is 17.8 Å². The summed E-state index contributed by atoms with van der Waals surface area (Å²) in [7, 11) is 0. The van der Waals surface area contributed by atoms with Gasteiger partial charge in [0.1, 0.15) is 5.82 Å². The van der Waals surface area contributed by atoms with Gasteiger partial charge in [-0.1, -0.05) is 18.5 Å². The van der Waals surface area contributed by atoms with Crippen molar-refractivity contribution in [3.05, 3.63) is 40.6 Å². The highest BCUT2D eigenvalue weighted by Crippen LogP contribution is 2.18. The Morgan fingerprint density at radius 3 is 2.89 bits per heavy atom. The SMILES string of the molecule is CCNCc1cc(F)cnc1-n1cc(Cl)c(C)n1. The molecule has 6 heteroatoms. The first-order valence-electron chi connectivity index (χ1n) is 5.69. The molecule has 2 rings (SSSR count). The zero-order valence-electron chi connectivity index (χ0n) is 10.2. The van der Waals surface area contributed by atoms with Crippen LogP contribution in [0.15, 0.2) is 18.5 Å². The first-order chi connectivity index (χ1) is 8.61. The maximum Gasteiger partial charge on any atom is 0.158 e. The van der Waals surface area contributed by atoms with Crippen LogP contribution in [0, 0.1) is 12.7 Å². The van der Waals surface area contributed by atoms with Crippen molar-refractivity contribution in [3.8, 4) is 5.82 Å². The second-order valence-electron chi connectivity index (χ2n) is 3.92. The molecule has 1 N–H and O–H groups in total. The predicted molar refractivity (Wildman–Crippen MR) is 68.4 cm³/mol. The van der Waals surface area contributed by atoms with Gasteiger partial charge in [0.05, 0.1) is 23.1 Å². The summed E-state index contributed by atoms with van der Waals surface area (Å²) in [6.07, 6.45) is 2.85. The molecule has 2 aromatic rings. The maximum absolute atomic E-state index is 13.2. The monoisotopic (exact) mass is 268 g/mol. The van der Waals surface area contributed by atoms with Gasteiger partial charge in [-0.05, 0) is 19.5 Å². The summed E-state index contributed by atoms with van der Waals surface area (Å²) in [5.74, 6) is 0.231. The number of rotatable bonds is 4. The third-order valence-corrected chi connectivity index (χ3v) is 2.90. The van der Waals surface area contributed by atoms with Gasteiger partial charge >= 0.3 is 0 Å². The third-order valence-electron chi connectivity index (χ3n) is 2.53. The van der Waals surface area contributed by atoms with E-state index >= 15 is 0 Å². The molecule has 96 valence electrons. The molecule has 0 fully saturated rings. The van der Waals surface area contributed by atoms with Crippen LogP contribution in [0.5, 0.6) is 0 Å². The van der Waals surface area contributed by atoms with Crippen LogP contribution in [0.4, 0.5) is 4.39 Å². The molecule has 0 aliphatic carbocycles. The van der Waals surface area contributed by atoms with Crippen molar-refractivity contribution in [2.24, 2.45) is 0 Å². The van der Waals surface area contributed by atoms with E-state index in [1.165, 1.54) is 12.3 Å². The number of aromatic nitrogens is 3. The molecule has 2 aromatic heterocycles. The van der Waals surface area contributed by atoms with E-state index in [4.69, 9.17) is 11.6 Å². The van der Waals surface area contributed by atoms with E-state index in [-0.39, 0.29) is 5.82 Å². The Balaban J connectivity index is 2.42. The van der Waals surface area contributed by atoms with Gasteiger partial charge < -0.3 is 5.32 Å². The molecule has 18 heavy (non-hydrogen) atoms. The van der Waals surface area contributed by atoms with E-state index in [1.807, 2.05) is 13.8 Å². The van der Waals surface area contributed by atoms with E-state index in [9.17, 15) is 4.39 Å². The Morgan fingerprint density at radius 1 is 1.50 bits per heavy atom. The summed E-state index contributed by atoms with van der Waals surface area (Å²) in [6.45, 7) is 5.13. The minimum atomic E-state index is -0.360. The Morgan fingerprint density at radius 2 is 2.28 bits per heavy atom. The number of halogens is 2. The van der Waals surface area contributed by atoms with Crippen LogP contribution in [0.25, 0.3) is 5.82 Å². The molecule has 2 heterocycles. The highest BCUT2D eigenvalue weighted by atomic mass is 35.5. The van der Waals surface area contributed by atoms with Crippen molar-refractivity contribution in [2.45, 2.75) is 20.4 Å². The molecule has 0 saturated carbocycles. The van der Waals surface area contributed by atoms with Gasteiger partial charge in [-0.15, -0.1) is 0 Å². The van der Waals surface area contributed by atoms with Crippen LogP contribution in [-0.4, -0.2) is 21.3 Å². The summed E-state index contributed by atoms with van der Waals surface area (Å²) in [5.41, 5.74) is 1.47. The minimum absolute atomic E-state index is 0.360. The fourth-order valence-corrected chi connectivity index (χ4v) is 1.75. The van der Waals surface area contributed by atoms with Gasteiger partial charge in [0.15, 0.2) is 5.82 Å². The zero-order valence-corrected chi connectivity index (χ0v) is 11.0. The van der Waals surface area contributed by atoms with Gasteiger partial charge in [0, 0.05) is 12.1 Å². The highest BCUT2D eigenvalue weighted by molar-refractivity contribution is 6.31. The minimum Gasteiger partial charge on any atom is -0.313 e. The summed E-state index contributed by atoms with van der Waals surface area (Å²) in [4.78, 5) is 4.08. The molecule has 0 bridgehead atoms. The number of hydrogen-bond acceptors (Lipinski definition) is 3. The number of aryl methyl sites for hydroxylation is 1. The first-order valence-corrected chi connectivity index (χ1v) is 6.07. The molecule has 0 aromatic carbocycles. The molecule has 0 unspecified atom stereocenters. The molecular formula is C12H14ClFN4. The van der Waals surface area contributed by atoms with Crippen molar-refractivity contribution >= 4 is 11.6 Å². The molecule has 0 aliphatic heterocycles. The van der Waals surface area contributed by atoms with E-state index in [2.05, 4.69) is 15.4 Å². The summed E-state index contributed by atoms with van der Waals surface area (Å²) >= 11 is 5.97. The fourth-order valence-electron chi connectivity index (χ4n) is 1.62. The van der Waals surface area contributed by atoms with Gasteiger partial charge in [0.2, 0.25) is 0 Å². The van der Waals surface area contributed by atoms with Crippen molar-refractivity contribution in [3.63, 3.8) is 0 Å². The second-order valence-corrected chi connectivity index (χ2v) is 4.33. The van der Waals surface area contributed by atoms with Crippen molar-refractivity contribution in [1.29, 1.82) is 0 Å². The van der Waals surface area contributed by atoms with Crippen molar-refractivity contribution < 1.29 is 4.39 Å². The lowest BCUT2D eigenvalue weighted by molar-refractivity contribution is 0.610. The summed E-state index contributed by atoms with van der Waals surface area (Å²) in [5, 5.41) is 7.96. The first kappa shape index (κ1) is 13.0. The maximum atomic E-state index is 13.2. The van der Waals surface area contributed by atoms with Gasteiger partial charge in [-0.3, -0.25) is 0 Å². The molecule has 0 aliphatic rings. The van der Waals surface area contributed by atoms with Crippen LogP contribution in [0.2, 0.25) is 5.02 Å².